The molecular formula is C14H24N4O2. The fraction of sp³-hybridized carbons (Fsp3) is 0.500. The molecule has 0 heterocycles. The molecule has 20 heavy (non-hydrogen) atoms. The van der Waals surface area contributed by atoms with Crippen molar-refractivity contribution >= 4 is 17.4 Å². The summed E-state index contributed by atoms with van der Waals surface area (Å²) in [6, 6.07) is 5.47. The van der Waals surface area contributed by atoms with Gasteiger partial charge >= 0.3 is 6.03 Å². The predicted molar refractivity (Wildman–Crippen MR) is 82.2 cm³/mol. The number of anilines is 2. The summed E-state index contributed by atoms with van der Waals surface area (Å²) in [6.45, 7) is 3.88. The molecule has 0 saturated heterocycles. The second kappa shape index (κ2) is 8.14. The summed E-state index contributed by atoms with van der Waals surface area (Å²) in [5.74, 6) is 0.689. The number of nitrogens with two attached hydrogens (primary N) is 1. The number of nitrogens with zero attached hydrogens (tertiary/aromatic N) is 1. The molecule has 0 spiro atoms. The van der Waals surface area contributed by atoms with Gasteiger partial charge in [-0.1, -0.05) is 6.92 Å². The third-order valence-corrected chi connectivity index (χ3v) is 2.61. The summed E-state index contributed by atoms with van der Waals surface area (Å²) in [7, 11) is 3.42. The predicted octanol–water partition coefficient (Wildman–Crippen LogP) is 1.74. The van der Waals surface area contributed by atoms with Gasteiger partial charge in [-0.25, -0.2) is 4.79 Å². The molecule has 6 nitrogen and oxygen atoms in total. The van der Waals surface area contributed by atoms with E-state index in [9.17, 15) is 4.79 Å². The van der Waals surface area contributed by atoms with E-state index in [1.54, 1.807) is 14.1 Å². The first kappa shape index (κ1) is 15.9. The molecule has 0 aliphatic carbocycles. The van der Waals surface area contributed by atoms with Crippen LogP contribution in [0, 0.1) is 0 Å². The van der Waals surface area contributed by atoms with Gasteiger partial charge in [0, 0.05) is 38.9 Å². The molecule has 0 aromatic heterocycles. The number of nitrogens with one attached hydrogen (secondary N) is 2. The smallest absolute Gasteiger partial charge is 0.316 e. The van der Waals surface area contributed by atoms with Gasteiger partial charge in [0.25, 0.3) is 0 Å². The van der Waals surface area contributed by atoms with E-state index in [0.717, 1.165) is 12.1 Å². The number of hydrogen-bond donors (Lipinski definition) is 3. The van der Waals surface area contributed by atoms with Gasteiger partial charge in [0.05, 0.1) is 12.3 Å². The van der Waals surface area contributed by atoms with Crippen molar-refractivity contribution in [2.45, 2.75) is 13.3 Å². The quantitative estimate of drug-likeness (QED) is 0.525. The molecule has 112 valence electrons. The highest BCUT2D eigenvalue weighted by molar-refractivity contribution is 5.73. The average Bonchev–Trinajstić information content (AvgIpc) is 2.43. The van der Waals surface area contributed by atoms with Crippen LogP contribution in [-0.4, -0.2) is 44.7 Å². The van der Waals surface area contributed by atoms with Crippen LogP contribution in [0.4, 0.5) is 16.2 Å². The molecule has 1 aromatic carbocycles. The van der Waals surface area contributed by atoms with Gasteiger partial charge in [-0.15, -0.1) is 0 Å². The Bertz CT molecular complexity index is 435. The van der Waals surface area contributed by atoms with Crippen LogP contribution in [0.25, 0.3) is 0 Å². The second-order valence-electron chi connectivity index (χ2n) is 4.65. The highest BCUT2D eigenvalue weighted by Gasteiger charge is 2.03. The topological polar surface area (TPSA) is 79.6 Å². The van der Waals surface area contributed by atoms with Crippen molar-refractivity contribution in [1.29, 1.82) is 0 Å². The number of carbonyl (C=O) groups excluding carboxylic acids is 1. The summed E-state index contributed by atoms with van der Waals surface area (Å²) >= 11 is 0. The van der Waals surface area contributed by atoms with Crippen LogP contribution in [0.1, 0.15) is 13.3 Å². The molecule has 0 atom stereocenters. The Morgan fingerprint density at radius 1 is 1.35 bits per heavy atom. The number of urea groups is 1. The van der Waals surface area contributed by atoms with E-state index in [2.05, 4.69) is 10.6 Å². The molecule has 6 heteroatoms. The van der Waals surface area contributed by atoms with E-state index in [1.165, 1.54) is 4.90 Å². The van der Waals surface area contributed by atoms with Gasteiger partial charge in [0.15, 0.2) is 0 Å². The van der Waals surface area contributed by atoms with Gasteiger partial charge in [-0.3, -0.25) is 0 Å². The van der Waals surface area contributed by atoms with E-state index in [-0.39, 0.29) is 6.03 Å². The molecule has 0 unspecified atom stereocenters. The van der Waals surface area contributed by atoms with E-state index in [4.69, 9.17) is 10.5 Å². The lowest BCUT2D eigenvalue weighted by Crippen LogP contribution is -2.37. The molecular weight excluding hydrogens is 256 g/mol. The summed E-state index contributed by atoms with van der Waals surface area (Å²) in [6.07, 6.45) is 0.938. The van der Waals surface area contributed by atoms with Gasteiger partial charge in [0.1, 0.15) is 5.75 Å². The fourth-order valence-corrected chi connectivity index (χ4v) is 1.52. The molecule has 0 aliphatic heterocycles. The SMILES string of the molecule is CCCOc1cc(NCCNC(=O)N(C)C)ccc1N. The molecule has 0 saturated carbocycles. The number of rotatable bonds is 7. The first-order chi connectivity index (χ1) is 9.54. The van der Waals surface area contributed by atoms with Crippen molar-refractivity contribution in [3.63, 3.8) is 0 Å². The first-order valence-corrected chi connectivity index (χ1v) is 6.76. The standard InChI is InChI=1S/C14H24N4O2/c1-4-9-20-13-10-11(5-6-12(13)15)16-7-8-17-14(19)18(2)3/h5-6,10,16H,4,7-9,15H2,1-3H3,(H,17,19). The minimum Gasteiger partial charge on any atom is -0.491 e. The van der Waals surface area contributed by atoms with Crippen LogP contribution in [-0.2, 0) is 0 Å². The van der Waals surface area contributed by atoms with Crippen molar-refractivity contribution in [2.24, 2.45) is 0 Å². The van der Waals surface area contributed by atoms with E-state index in [0.29, 0.717) is 31.1 Å². The van der Waals surface area contributed by atoms with Crippen LogP contribution in [0.15, 0.2) is 18.2 Å². The maximum Gasteiger partial charge on any atom is 0.316 e. The second-order valence-corrected chi connectivity index (χ2v) is 4.65. The lowest BCUT2D eigenvalue weighted by molar-refractivity contribution is 0.218. The monoisotopic (exact) mass is 280 g/mol. The maximum absolute atomic E-state index is 11.3. The maximum atomic E-state index is 11.3. The van der Waals surface area contributed by atoms with Crippen LogP contribution in [0.2, 0.25) is 0 Å². The zero-order chi connectivity index (χ0) is 15.0. The molecule has 0 fully saturated rings. The molecule has 1 rings (SSSR count). The Morgan fingerprint density at radius 2 is 2.10 bits per heavy atom. The lowest BCUT2D eigenvalue weighted by atomic mass is 10.2. The summed E-state index contributed by atoms with van der Waals surface area (Å²) in [5.41, 5.74) is 7.39. The number of carbonyl (C=O) groups is 1. The Balaban J connectivity index is 2.42. The minimum atomic E-state index is -0.101. The Morgan fingerprint density at radius 3 is 2.75 bits per heavy atom. The van der Waals surface area contributed by atoms with Crippen LogP contribution < -0.4 is 21.1 Å². The molecule has 0 bridgehead atoms. The van der Waals surface area contributed by atoms with Crippen molar-refractivity contribution in [3.8, 4) is 5.75 Å². The van der Waals surface area contributed by atoms with Crippen LogP contribution in [0.3, 0.4) is 0 Å². The zero-order valence-corrected chi connectivity index (χ0v) is 12.4. The Kier molecular flexibility index (Phi) is 6.49. The molecule has 2 amide bonds. The van der Waals surface area contributed by atoms with Crippen molar-refractivity contribution in [2.75, 3.05) is 44.8 Å². The van der Waals surface area contributed by atoms with Crippen molar-refractivity contribution in [1.82, 2.24) is 10.2 Å². The number of ether oxygens (including phenoxy) is 1. The van der Waals surface area contributed by atoms with Gasteiger partial charge < -0.3 is 26.0 Å². The fourth-order valence-electron chi connectivity index (χ4n) is 1.52. The molecule has 4 N–H and O–H groups in total. The summed E-state index contributed by atoms with van der Waals surface area (Å²) in [5, 5.41) is 6.00. The molecule has 0 aliphatic rings. The molecule has 1 aromatic rings. The lowest BCUT2D eigenvalue weighted by Gasteiger charge is -2.14. The summed E-state index contributed by atoms with van der Waals surface area (Å²) < 4.78 is 5.56. The largest absolute Gasteiger partial charge is 0.491 e. The third kappa shape index (κ3) is 5.26. The van der Waals surface area contributed by atoms with Crippen molar-refractivity contribution < 1.29 is 9.53 Å². The highest BCUT2D eigenvalue weighted by Crippen LogP contribution is 2.25. The van der Waals surface area contributed by atoms with E-state index < -0.39 is 0 Å². The highest BCUT2D eigenvalue weighted by atomic mass is 16.5. The van der Waals surface area contributed by atoms with E-state index in [1.807, 2.05) is 25.1 Å². The Hall–Kier alpha value is -2.11. The zero-order valence-electron chi connectivity index (χ0n) is 12.4. The van der Waals surface area contributed by atoms with Gasteiger partial charge in [0.2, 0.25) is 0 Å². The van der Waals surface area contributed by atoms with Crippen LogP contribution >= 0.6 is 0 Å². The summed E-state index contributed by atoms with van der Waals surface area (Å²) in [4.78, 5) is 12.8. The normalized spacial score (nSPS) is 9.95. The Labute approximate surface area is 120 Å². The first-order valence-electron chi connectivity index (χ1n) is 6.76. The van der Waals surface area contributed by atoms with Crippen molar-refractivity contribution in [3.05, 3.63) is 18.2 Å². The molecule has 0 radical (unpaired) electrons. The van der Waals surface area contributed by atoms with Gasteiger partial charge in [-0.2, -0.15) is 0 Å². The third-order valence-electron chi connectivity index (χ3n) is 2.61. The average molecular weight is 280 g/mol. The minimum absolute atomic E-state index is 0.101. The van der Waals surface area contributed by atoms with E-state index >= 15 is 0 Å². The number of amides is 2. The number of nitrogen functional groups attached to an aromatic ring is 1. The number of benzene rings is 1. The van der Waals surface area contributed by atoms with Gasteiger partial charge in [-0.05, 0) is 18.6 Å². The van der Waals surface area contributed by atoms with Crippen LogP contribution in [0.5, 0.6) is 5.75 Å². The number of hydrogen-bond acceptors (Lipinski definition) is 4.